The van der Waals surface area contributed by atoms with Crippen LogP contribution in [0.25, 0.3) is 5.69 Å². The lowest BCUT2D eigenvalue weighted by atomic mass is 9.99. The highest BCUT2D eigenvalue weighted by Gasteiger charge is 2.42. The van der Waals surface area contributed by atoms with Crippen molar-refractivity contribution < 1.29 is 9.59 Å². The highest BCUT2D eigenvalue weighted by Crippen LogP contribution is 2.34. The summed E-state index contributed by atoms with van der Waals surface area (Å²) in [5, 5.41) is 0. The largest absolute Gasteiger partial charge is 0.330 e. The Morgan fingerprint density at radius 1 is 0.815 bits per heavy atom. The molecule has 2 amide bonds. The maximum absolute atomic E-state index is 12.9. The molecule has 0 saturated heterocycles. The second-order valence-corrected chi connectivity index (χ2v) is 6.93. The summed E-state index contributed by atoms with van der Waals surface area (Å²) in [5.74, 6) is -0.736. The van der Waals surface area contributed by atoms with Crippen molar-refractivity contribution in [3.05, 3.63) is 88.1 Å². The minimum atomic E-state index is -0.560. The van der Waals surface area contributed by atoms with Gasteiger partial charge in [0.1, 0.15) is 0 Å². The fourth-order valence-electron chi connectivity index (χ4n) is 3.60. The monoisotopic (exact) mass is 361 g/mol. The molecule has 6 nitrogen and oxygen atoms in total. The molecule has 0 bridgehead atoms. The van der Waals surface area contributed by atoms with Crippen LogP contribution in [0, 0.1) is 5.92 Å². The highest BCUT2D eigenvalue weighted by atomic mass is 16.2. The van der Waals surface area contributed by atoms with E-state index in [4.69, 9.17) is 0 Å². The number of nitrogens with one attached hydrogen (secondary N) is 1. The Morgan fingerprint density at radius 3 is 1.93 bits per heavy atom. The molecule has 0 fully saturated rings. The number of benzene rings is 2. The number of carbonyl (C=O) groups is 2. The smallest absolute Gasteiger partial charge is 0.307 e. The fourth-order valence-corrected chi connectivity index (χ4v) is 3.60. The Morgan fingerprint density at radius 2 is 1.37 bits per heavy atom. The molecule has 1 atom stereocenters. The van der Waals surface area contributed by atoms with Gasteiger partial charge in [0, 0.05) is 6.20 Å². The molecule has 4 rings (SSSR count). The molecule has 27 heavy (non-hydrogen) atoms. The molecule has 1 aliphatic heterocycles. The van der Waals surface area contributed by atoms with Crippen LogP contribution in [0.15, 0.2) is 65.6 Å². The van der Waals surface area contributed by atoms with Crippen molar-refractivity contribution >= 4 is 11.8 Å². The molecular weight excluding hydrogens is 342 g/mol. The summed E-state index contributed by atoms with van der Waals surface area (Å²) in [6, 6.07) is 15.5. The molecule has 1 N–H and O–H groups in total. The third-order valence-corrected chi connectivity index (χ3v) is 4.83. The fraction of sp³-hybridized carbons (Fsp3) is 0.190. The summed E-state index contributed by atoms with van der Waals surface area (Å²) in [7, 11) is 0. The van der Waals surface area contributed by atoms with Crippen LogP contribution >= 0.6 is 0 Å². The molecule has 1 aliphatic rings. The summed E-state index contributed by atoms with van der Waals surface area (Å²) < 4.78 is 1.49. The number of aromatic amines is 1. The Bertz CT molecular complexity index is 1040. The number of nitrogens with zero attached hydrogens (tertiary/aromatic N) is 2. The summed E-state index contributed by atoms with van der Waals surface area (Å²) in [6.45, 7) is 3.85. The SMILES string of the molecule is CC(C)C(c1cn(-c2ccccc2)c(=O)[nH]1)N1C(=O)c2ccccc2C1=O. The van der Waals surface area contributed by atoms with Crippen LogP contribution in [0.5, 0.6) is 0 Å². The third kappa shape index (κ3) is 2.70. The van der Waals surface area contributed by atoms with E-state index in [9.17, 15) is 14.4 Å². The molecule has 1 unspecified atom stereocenters. The summed E-state index contributed by atoms with van der Waals surface area (Å²) in [6.07, 6.45) is 1.67. The van der Waals surface area contributed by atoms with Gasteiger partial charge in [-0.25, -0.2) is 4.79 Å². The molecule has 136 valence electrons. The summed E-state index contributed by atoms with van der Waals surface area (Å²) in [5.41, 5.74) is 1.75. The van der Waals surface area contributed by atoms with Crippen molar-refractivity contribution in [1.82, 2.24) is 14.5 Å². The van der Waals surface area contributed by atoms with E-state index in [-0.39, 0.29) is 23.4 Å². The first-order valence-electron chi connectivity index (χ1n) is 8.83. The van der Waals surface area contributed by atoms with Gasteiger partial charge in [0.25, 0.3) is 11.8 Å². The number of carbonyl (C=O) groups excluding carboxylic acids is 2. The van der Waals surface area contributed by atoms with E-state index in [1.54, 1.807) is 30.5 Å². The molecule has 0 aliphatic carbocycles. The maximum atomic E-state index is 12.9. The lowest BCUT2D eigenvalue weighted by Gasteiger charge is -2.28. The third-order valence-electron chi connectivity index (χ3n) is 4.83. The average molecular weight is 361 g/mol. The van der Waals surface area contributed by atoms with Crippen LogP contribution in [0.4, 0.5) is 0 Å². The number of hydrogen-bond acceptors (Lipinski definition) is 3. The van der Waals surface area contributed by atoms with Crippen molar-refractivity contribution in [2.45, 2.75) is 19.9 Å². The van der Waals surface area contributed by atoms with E-state index < -0.39 is 6.04 Å². The van der Waals surface area contributed by atoms with Gasteiger partial charge in [0.05, 0.1) is 28.6 Å². The lowest BCUT2D eigenvalue weighted by molar-refractivity contribution is 0.0534. The summed E-state index contributed by atoms with van der Waals surface area (Å²) in [4.78, 5) is 42.4. The molecule has 0 saturated carbocycles. The second kappa shape index (κ2) is 6.39. The van der Waals surface area contributed by atoms with E-state index in [2.05, 4.69) is 4.98 Å². The number of para-hydroxylation sites is 1. The maximum Gasteiger partial charge on any atom is 0.330 e. The van der Waals surface area contributed by atoms with Crippen LogP contribution < -0.4 is 5.69 Å². The van der Waals surface area contributed by atoms with E-state index in [1.165, 1.54) is 9.47 Å². The van der Waals surface area contributed by atoms with Crippen LogP contribution in [-0.4, -0.2) is 26.3 Å². The van der Waals surface area contributed by atoms with Crippen LogP contribution in [0.1, 0.15) is 46.3 Å². The average Bonchev–Trinajstić information content (AvgIpc) is 3.16. The number of aromatic nitrogens is 2. The Kier molecular flexibility index (Phi) is 4.03. The van der Waals surface area contributed by atoms with Crippen molar-refractivity contribution in [3.63, 3.8) is 0 Å². The van der Waals surface area contributed by atoms with Gasteiger partial charge in [-0.1, -0.05) is 44.2 Å². The van der Waals surface area contributed by atoms with E-state index in [0.29, 0.717) is 16.8 Å². The van der Waals surface area contributed by atoms with E-state index in [0.717, 1.165) is 5.69 Å². The lowest BCUT2D eigenvalue weighted by Crippen LogP contribution is -2.37. The quantitative estimate of drug-likeness (QED) is 0.725. The Hall–Kier alpha value is -3.41. The highest BCUT2D eigenvalue weighted by molar-refractivity contribution is 6.21. The molecule has 2 aromatic carbocycles. The topological polar surface area (TPSA) is 75.2 Å². The number of fused-ring (bicyclic) bond motifs is 1. The van der Waals surface area contributed by atoms with Gasteiger partial charge < -0.3 is 4.98 Å². The zero-order valence-electron chi connectivity index (χ0n) is 15.0. The van der Waals surface area contributed by atoms with Gasteiger partial charge in [-0.3, -0.25) is 19.1 Å². The van der Waals surface area contributed by atoms with Gasteiger partial charge in [0.2, 0.25) is 0 Å². The first-order valence-corrected chi connectivity index (χ1v) is 8.83. The zero-order valence-corrected chi connectivity index (χ0v) is 15.0. The molecule has 0 radical (unpaired) electrons. The molecule has 6 heteroatoms. The van der Waals surface area contributed by atoms with Gasteiger partial charge in [0.15, 0.2) is 0 Å². The minimum absolute atomic E-state index is 0.0746. The minimum Gasteiger partial charge on any atom is -0.307 e. The standard InChI is InChI=1S/C21H19N3O3/c1-13(2)18(24-19(25)15-10-6-7-11-16(15)20(24)26)17-12-23(21(27)22-17)14-8-4-3-5-9-14/h3-13,18H,1-2H3,(H,22,27). The molecule has 2 heterocycles. The predicted molar refractivity (Wildman–Crippen MR) is 101 cm³/mol. The van der Waals surface area contributed by atoms with E-state index >= 15 is 0 Å². The normalized spacial score (nSPS) is 14.7. The predicted octanol–water partition coefficient (Wildman–Crippen LogP) is 3.16. The van der Waals surface area contributed by atoms with Crippen molar-refractivity contribution in [3.8, 4) is 5.69 Å². The Labute approximate surface area is 156 Å². The molecule has 1 aromatic heterocycles. The van der Waals surface area contributed by atoms with Gasteiger partial charge in [-0.05, 0) is 30.2 Å². The molecular formula is C21H19N3O3. The number of H-pyrrole nitrogens is 1. The van der Waals surface area contributed by atoms with Crippen molar-refractivity contribution in [2.75, 3.05) is 0 Å². The molecule has 3 aromatic rings. The second-order valence-electron chi connectivity index (χ2n) is 6.93. The van der Waals surface area contributed by atoms with Gasteiger partial charge in [-0.15, -0.1) is 0 Å². The molecule has 0 spiro atoms. The van der Waals surface area contributed by atoms with Crippen LogP contribution in [-0.2, 0) is 0 Å². The van der Waals surface area contributed by atoms with Gasteiger partial charge in [-0.2, -0.15) is 0 Å². The van der Waals surface area contributed by atoms with E-state index in [1.807, 2.05) is 44.2 Å². The Balaban J connectivity index is 1.79. The first-order chi connectivity index (χ1) is 13.0. The van der Waals surface area contributed by atoms with Gasteiger partial charge >= 0.3 is 5.69 Å². The van der Waals surface area contributed by atoms with Crippen LogP contribution in [0.3, 0.4) is 0 Å². The summed E-state index contributed by atoms with van der Waals surface area (Å²) >= 11 is 0. The first kappa shape index (κ1) is 17.0. The zero-order chi connectivity index (χ0) is 19.1. The number of imide groups is 1. The van der Waals surface area contributed by atoms with Crippen molar-refractivity contribution in [2.24, 2.45) is 5.92 Å². The number of rotatable bonds is 4. The number of amides is 2. The number of hydrogen-bond donors (Lipinski definition) is 1. The van der Waals surface area contributed by atoms with Crippen LogP contribution in [0.2, 0.25) is 0 Å². The van der Waals surface area contributed by atoms with Crippen molar-refractivity contribution in [1.29, 1.82) is 0 Å². The number of imidazole rings is 1.